The van der Waals surface area contributed by atoms with E-state index >= 15 is 0 Å². The Balaban J connectivity index is 1.73. The highest BCUT2D eigenvalue weighted by atomic mass is 79.9. The molecule has 5 heteroatoms. The minimum Gasteiger partial charge on any atom is -0.308 e. The fraction of sp³-hybridized carbons (Fsp3) is 0.111. The van der Waals surface area contributed by atoms with Crippen molar-refractivity contribution < 1.29 is 4.92 Å². The molecular formula is C18H15BrN2O2. The molecule has 0 atom stereocenters. The predicted octanol–water partition coefficient (Wildman–Crippen LogP) is 4.80. The molecule has 0 bridgehead atoms. The van der Waals surface area contributed by atoms with Gasteiger partial charge in [0.05, 0.1) is 4.92 Å². The van der Waals surface area contributed by atoms with E-state index in [4.69, 9.17) is 0 Å². The molecule has 0 amide bonds. The number of halogens is 1. The van der Waals surface area contributed by atoms with Crippen molar-refractivity contribution in [2.45, 2.75) is 13.1 Å². The van der Waals surface area contributed by atoms with E-state index in [1.54, 1.807) is 12.1 Å². The number of hydrogen-bond donors (Lipinski definition) is 1. The fourth-order valence-electron chi connectivity index (χ4n) is 2.60. The van der Waals surface area contributed by atoms with Crippen LogP contribution in [0, 0.1) is 10.1 Å². The number of para-hydroxylation sites is 1. The van der Waals surface area contributed by atoms with Crippen molar-refractivity contribution >= 4 is 32.4 Å². The Bertz CT molecular complexity index is 865. The first kappa shape index (κ1) is 15.6. The van der Waals surface area contributed by atoms with Crippen LogP contribution in [0.25, 0.3) is 10.8 Å². The number of hydrogen-bond acceptors (Lipinski definition) is 3. The van der Waals surface area contributed by atoms with Gasteiger partial charge in [0.15, 0.2) is 0 Å². The molecule has 3 aromatic carbocycles. The number of nitrogens with zero attached hydrogens (tertiary/aromatic N) is 1. The minimum absolute atomic E-state index is 0.152. The van der Waals surface area contributed by atoms with Crippen molar-refractivity contribution in [2.75, 3.05) is 0 Å². The highest BCUT2D eigenvalue weighted by Crippen LogP contribution is 2.26. The van der Waals surface area contributed by atoms with Gasteiger partial charge in [-0.1, -0.05) is 58.4 Å². The number of nitrogens with one attached hydrogen (secondary N) is 1. The zero-order valence-corrected chi connectivity index (χ0v) is 13.9. The Labute approximate surface area is 142 Å². The van der Waals surface area contributed by atoms with Crippen LogP contribution >= 0.6 is 15.9 Å². The summed E-state index contributed by atoms with van der Waals surface area (Å²) in [6, 6.07) is 19.2. The summed E-state index contributed by atoms with van der Waals surface area (Å²) in [6.45, 7) is 1.11. The lowest BCUT2D eigenvalue weighted by Gasteiger charge is -2.08. The molecule has 0 unspecified atom stereocenters. The molecule has 23 heavy (non-hydrogen) atoms. The summed E-state index contributed by atoms with van der Waals surface area (Å²) < 4.78 is 1.05. The zero-order valence-electron chi connectivity index (χ0n) is 12.3. The molecule has 0 aliphatic carbocycles. The molecule has 3 rings (SSSR count). The molecule has 116 valence electrons. The summed E-state index contributed by atoms with van der Waals surface area (Å²) in [6.07, 6.45) is 0. The summed E-state index contributed by atoms with van der Waals surface area (Å²) in [7, 11) is 0. The lowest BCUT2D eigenvalue weighted by atomic mass is 10.1. The van der Waals surface area contributed by atoms with E-state index in [1.807, 2.05) is 18.2 Å². The highest BCUT2D eigenvalue weighted by molar-refractivity contribution is 9.10. The second-order valence-electron chi connectivity index (χ2n) is 5.29. The molecule has 0 fully saturated rings. The van der Waals surface area contributed by atoms with Gasteiger partial charge in [-0.05, 0) is 28.5 Å². The summed E-state index contributed by atoms with van der Waals surface area (Å²) in [5, 5.41) is 16.6. The first-order valence-electron chi connectivity index (χ1n) is 7.25. The first-order chi connectivity index (χ1) is 11.1. The van der Waals surface area contributed by atoms with E-state index in [1.165, 1.54) is 16.8 Å². The van der Waals surface area contributed by atoms with Gasteiger partial charge in [-0.25, -0.2) is 0 Å². The average Bonchev–Trinajstić information content (AvgIpc) is 2.55. The number of benzene rings is 3. The largest absolute Gasteiger partial charge is 0.308 e. The van der Waals surface area contributed by atoms with E-state index in [0.717, 1.165) is 10.0 Å². The van der Waals surface area contributed by atoms with Gasteiger partial charge in [-0.3, -0.25) is 10.1 Å². The van der Waals surface area contributed by atoms with E-state index < -0.39 is 0 Å². The summed E-state index contributed by atoms with van der Waals surface area (Å²) >= 11 is 3.60. The van der Waals surface area contributed by atoms with Crippen molar-refractivity contribution in [3.8, 4) is 0 Å². The van der Waals surface area contributed by atoms with Crippen LogP contribution < -0.4 is 5.32 Å². The van der Waals surface area contributed by atoms with Gasteiger partial charge < -0.3 is 5.32 Å². The van der Waals surface area contributed by atoms with E-state index in [9.17, 15) is 10.1 Å². The smallest absolute Gasteiger partial charge is 0.273 e. The minimum atomic E-state index is -0.344. The quantitative estimate of drug-likeness (QED) is 0.518. The van der Waals surface area contributed by atoms with Gasteiger partial charge >= 0.3 is 0 Å². The molecule has 1 N–H and O–H groups in total. The van der Waals surface area contributed by atoms with Crippen LogP contribution in [0.3, 0.4) is 0 Å². The summed E-state index contributed by atoms with van der Waals surface area (Å²) in [5.74, 6) is 0. The van der Waals surface area contributed by atoms with Crippen molar-refractivity contribution in [3.05, 3.63) is 86.4 Å². The average molecular weight is 371 g/mol. The fourth-order valence-corrected chi connectivity index (χ4v) is 3.26. The molecule has 0 aliphatic rings. The molecule has 4 nitrogen and oxygen atoms in total. The lowest BCUT2D eigenvalue weighted by molar-refractivity contribution is -0.385. The first-order valence-corrected chi connectivity index (χ1v) is 8.04. The summed E-state index contributed by atoms with van der Waals surface area (Å²) in [4.78, 5) is 10.7. The molecule has 0 saturated heterocycles. The third-order valence-electron chi connectivity index (χ3n) is 3.70. The normalized spacial score (nSPS) is 10.8. The van der Waals surface area contributed by atoms with Gasteiger partial charge in [0.25, 0.3) is 5.69 Å². The number of fused-ring (bicyclic) bond motifs is 1. The Hall–Kier alpha value is -2.24. The van der Waals surface area contributed by atoms with Gasteiger partial charge in [0.1, 0.15) is 0 Å². The Morgan fingerprint density at radius 1 is 1.00 bits per heavy atom. The van der Waals surface area contributed by atoms with Gasteiger partial charge in [-0.15, -0.1) is 0 Å². The third-order valence-corrected chi connectivity index (χ3v) is 4.36. The third kappa shape index (κ3) is 3.57. The molecule has 3 aromatic rings. The molecular weight excluding hydrogens is 356 g/mol. The molecule has 0 radical (unpaired) electrons. The SMILES string of the molecule is O=[N+]([O-])c1ccccc1CNCc1cc(Br)c2ccccc2c1. The lowest BCUT2D eigenvalue weighted by Crippen LogP contribution is -2.13. The second-order valence-corrected chi connectivity index (χ2v) is 6.14. The summed E-state index contributed by atoms with van der Waals surface area (Å²) in [5.41, 5.74) is 1.98. The van der Waals surface area contributed by atoms with Gasteiger partial charge in [0.2, 0.25) is 0 Å². The Morgan fingerprint density at radius 2 is 1.74 bits per heavy atom. The Kier molecular flexibility index (Phi) is 4.69. The van der Waals surface area contributed by atoms with Crippen LogP contribution in [0.1, 0.15) is 11.1 Å². The van der Waals surface area contributed by atoms with Crippen LogP contribution in [0.15, 0.2) is 65.1 Å². The van der Waals surface area contributed by atoms with E-state index in [-0.39, 0.29) is 10.6 Å². The topological polar surface area (TPSA) is 55.2 Å². The van der Waals surface area contributed by atoms with Crippen LogP contribution in [0.2, 0.25) is 0 Å². The maximum atomic E-state index is 11.0. The van der Waals surface area contributed by atoms with Crippen molar-refractivity contribution in [2.24, 2.45) is 0 Å². The number of nitro groups is 1. The van der Waals surface area contributed by atoms with Crippen molar-refractivity contribution in [1.29, 1.82) is 0 Å². The molecule has 0 heterocycles. The standard InChI is InChI=1S/C18H15BrN2O2/c19-17-10-13(9-14-5-1-3-7-16(14)17)11-20-12-15-6-2-4-8-18(15)21(22)23/h1-10,20H,11-12H2. The molecule has 0 aromatic heterocycles. The zero-order chi connectivity index (χ0) is 16.2. The van der Waals surface area contributed by atoms with E-state index in [2.05, 4.69) is 45.5 Å². The van der Waals surface area contributed by atoms with Gasteiger partial charge in [0, 0.05) is 29.2 Å². The highest BCUT2D eigenvalue weighted by Gasteiger charge is 2.11. The van der Waals surface area contributed by atoms with Crippen LogP contribution in [-0.2, 0) is 13.1 Å². The van der Waals surface area contributed by atoms with Crippen molar-refractivity contribution in [1.82, 2.24) is 5.32 Å². The monoisotopic (exact) mass is 370 g/mol. The van der Waals surface area contributed by atoms with Crippen LogP contribution in [0.5, 0.6) is 0 Å². The van der Waals surface area contributed by atoms with Crippen LogP contribution in [-0.4, -0.2) is 4.92 Å². The second kappa shape index (κ2) is 6.89. The predicted molar refractivity (Wildman–Crippen MR) is 95.3 cm³/mol. The van der Waals surface area contributed by atoms with Crippen LogP contribution in [0.4, 0.5) is 5.69 Å². The molecule has 0 spiro atoms. The number of nitro benzene ring substituents is 1. The maximum absolute atomic E-state index is 11.0. The van der Waals surface area contributed by atoms with E-state index in [0.29, 0.717) is 18.7 Å². The van der Waals surface area contributed by atoms with Gasteiger partial charge in [-0.2, -0.15) is 0 Å². The maximum Gasteiger partial charge on any atom is 0.273 e. The molecule has 0 aliphatic heterocycles. The molecule has 0 saturated carbocycles. The Morgan fingerprint density at radius 3 is 2.57 bits per heavy atom. The number of rotatable bonds is 5. The van der Waals surface area contributed by atoms with Crippen molar-refractivity contribution in [3.63, 3.8) is 0 Å².